The molecule has 3 aromatic rings. The fraction of sp³-hybridized carbons (Fsp3) is 0.296. The van der Waals surface area contributed by atoms with Crippen LogP contribution in [0, 0.1) is 11.6 Å². The number of anilines is 2. The standard InChI is InChI=1S/C27H28F2N2O3.Na/c28-23-7-1-2-9-26(23)34-16-15-31-14-4-6-22-20(5-3-8-25(22)31)18-30-21-12-10-19(24(29)17-21)11-13-27(32)33;/h1-3,5,7-10,12,17,30H,4,6,11,13-16,18H2,(H,32,33);/q;+1/p-1. The van der Waals surface area contributed by atoms with Crippen LogP contribution in [0.4, 0.5) is 20.2 Å². The van der Waals surface area contributed by atoms with Gasteiger partial charge in [0, 0.05) is 30.4 Å². The molecule has 4 rings (SSSR count). The first-order valence-electron chi connectivity index (χ1n) is 11.5. The number of hydrogen-bond acceptors (Lipinski definition) is 5. The Labute approximate surface area is 226 Å². The Morgan fingerprint density at radius 2 is 1.86 bits per heavy atom. The van der Waals surface area contributed by atoms with Gasteiger partial charge in [0.15, 0.2) is 11.6 Å². The van der Waals surface area contributed by atoms with Gasteiger partial charge in [-0.3, -0.25) is 0 Å². The van der Waals surface area contributed by atoms with Gasteiger partial charge in [0.1, 0.15) is 12.4 Å². The second-order valence-electron chi connectivity index (χ2n) is 8.32. The van der Waals surface area contributed by atoms with Crippen LogP contribution in [0.25, 0.3) is 0 Å². The van der Waals surface area contributed by atoms with Crippen LogP contribution in [-0.4, -0.2) is 25.7 Å². The zero-order valence-corrected chi connectivity index (χ0v) is 21.9. The monoisotopic (exact) mass is 488 g/mol. The van der Waals surface area contributed by atoms with E-state index in [-0.39, 0.29) is 54.0 Å². The van der Waals surface area contributed by atoms with Gasteiger partial charge in [0.2, 0.25) is 0 Å². The number of carbonyl (C=O) groups is 1. The van der Waals surface area contributed by atoms with Crippen LogP contribution in [0.5, 0.6) is 5.75 Å². The van der Waals surface area contributed by atoms with Crippen molar-refractivity contribution in [3.05, 3.63) is 89.0 Å². The number of ether oxygens (including phenoxy) is 1. The summed E-state index contributed by atoms with van der Waals surface area (Å²) in [7, 11) is 0. The van der Waals surface area contributed by atoms with Crippen LogP contribution in [0.2, 0.25) is 0 Å². The molecule has 0 radical (unpaired) electrons. The van der Waals surface area contributed by atoms with Crippen LogP contribution in [0.3, 0.4) is 0 Å². The van der Waals surface area contributed by atoms with Gasteiger partial charge in [-0.2, -0.15) is 0 Å². The van der Waals surface area contributed by atoms with E-state index in [0.29, 0.717) is 30.9 Å². The average molecular weight is 489 g/mol. The van der Waals surface area contributed by atoms with E-state index in [9.17, 15) is 18.7 Å². The smallest absolute Gasteiger partial charge is 0.550 e. The zero-order valence-electron chi connectivity index (χ0n) is 19.9. The number of para-hydroxylation sites is 1. The minimum absolute atomic E-state index is 0. The molecule has 0 saturated heterocycles. The number of rotatable bonds is 10. The number of aryl methyl sites for hydroxylation is 1. The van der Waals surface area contributed by atoms with Crippen LogP contribution in [0.1, 0.15) is 29.5 Å². The summed E-state index contributed by atoms with van der Waals surface area (Å²) in [6.07, 6.45) is 1.86. The average Bonchev–Trinajstić information content (AvgIpc) is 2.83. The molecule has 0 bridgehead atoms. The van der Waals surface area contributed by atoms with Crippen LogP contribution in [0.15, 0.2) is 60.7 Å². The molecule has 1 heterocycles. The number of halogens is 2. The molecule has 1 aliphatic rings. The Morgan fingerprint density at radius 3 is 2.63 bits per heavy atom. The first kappa shape index (κ1) is 27.0. The molecule has 0 amide bonds. The van der Waals surface area contributed by atoms with Crippen LogP contribution >= 0.6 is 0 Å². The van der Waals surface area contributed by atoms with Crippen molar-refractivity contribution in [1.29, 1.82) is 0 Å². The minimum atomic E-state index is -1.19. The fourth-order valence-electron chi connectivity index (χ4n) is 4.29. The molecule has 0 aliphatic carbocycles. The topological polar surface area (TPSA) is 64.6 Å². The van der Waals surface area contributed by atoms with E-state index in [4.69, 9.17) is 4.74 Å². The molecule has 35 heavy (non-hydrogen) atoms. The van der Waals surface area contributed by atoms with Gasteiger partial charge in [-0.1, -0.05) is 30.3 Å². The molecule has 0 saturated carbocycles. The number of nitrogens with one attached hydrogen (secondary N) is 1. The number of carboxylic acids is 1. The molecule has 3 aromatic carbocycles. The molecule has 8 heteroatoms. The molecule has 0 fully saturated rings. The van der Waals surface area contributed by atoms with Crippen molar-refractivity contribution >= 4 is 17.3 Å². The van der Waals surface area contributed by atoms with Crippen molar-refractivity contribution in [2.45, 2.75) is 32.2 Å². The Morgan fingerprint density at radius 1 is 1.03 bits per heavy atom. The third-order valence-corrected chi connectivity index (χ3v) is 6.03. The predicted molar refractivity (Wildman–Crippen MR) is 126 cm³/mol. The second kappa shape index (κ2) is 12.9. The Bertz CT molecular complexity index is 1160. The van der Waals surface area contributed by atoms with E-state index in [1.807, 2.05) is 6.07 Å². The minimum Gasteiger partial charge on any atom is -0.550 e. The van der Waals surface area contributed by atoms with E-state index in [1.165, 1.54) is 17.7 Å². The van der Waals surface area contributed by atoms with Gasteiger partial charge in [-0.05, 0) is 72.7 Å². The van der Waals surface area contributed by atoms with Crippen molar-refractivity contribution in [3.63, 3.8) is 0 Å². The van der Waals surface area contributed by atoms with Crippen LogP contribution < -0.4 is 49.6 Å². The summed E-state index contributed by atoms with van der Waals surface area (Å²) in [5, 5.41) is 13.9. The number of carboxylic acid groups (broad SMARTS) is 1. The molecule has 178 valence electrons. The predicted octanol–water partition coefficient (Wildman–Crippen LogP) is 1.09. The molecule has 5 nitrogen and oxygen atoms in total. The fourth-order valence-corrected chi connectivity index (χ4v) is 4.29. The maximum absolute atomic E-state index is 14.3. The number of hydrogen-bond donors (Lipinski definition) is 1. The summed E-state index contributed by atoms with van der Waals surface area (Å²) >= 11 is 0. The van der Waals surface area contributed by atoms with Crippen LogP contribution in [-0.2, 0) is 24.2 Å². The largest absolute Gasteiger partial charge is 1.00 e. The van der Waals surface area contributed by atoms with Crippen molar-refractivity contribution in [2.24, 2.45) is 0 Å². The molecular weight excluding hydrogens is 461 g/mol. The summed E-state index contributed by atoms with van der Waals surface area (Å²) < 4.78 is 33.8. The molecule has 0 aromatic heterocycles. The molecule has 0 atom stereocenters. The van der Waals surface area contributed by atoms with Gasteiger partial charge in [0.05, 0.1) is 6.54 Å². The summed E-state index contributed by atoms with van der Waals surface area (Å²) in [5.41, 5.74) is 4.53. The zero-order chi connectivity index (χ0) is 23.9. The van der Waals surface area contributed by atoms with Crippen molar-refractivity contribution < 1.29 is 53.0 Å². The molecule has 0 unspecified atom stereocenters. The van der Waals surface area contributed by atoms with E-state index in [0.717, 1.165) is 30.6 Å². The Balaban J connectivity index is 0.00000342. The van der Waals surface area contributed by atoms with Crippen molar-refractivity contribution in [1.82, 2.24) is 0 Å². The summed E-state index contributed by atoms with van der Waals surface area (Å²) in [5.74, 6) is -1.72. The Hall–Kier alpha value is -2.61. The number of benzene rings is 3. The molecular formula is C27H27F2N2NaO3. The van der Waals surface area contributed by atoms with E-state index < -0.39 is 11.8 Å². The summed E-state index contributed by atoms with van der Waals surface area (Å²) in [6, 6.07) is 17.3. The van der Waals surface area contributed by atoms with Gasteiger partial charge < -0.3 is 24.9 Å². The number of nitrogens with zero attached hydrogens (tertiary/aromatic N) is 1. The number of aliphatic carboxylic acids is 1. The first-order valence-corrected chi connectivity index (χ1v) is 11.5. The van der Waals surface area contributed by atoms with Gasteiger partial charge >= 0.3 is 29.6 Å². The van der Waals surface area contributed by atoms with E-state index >= 15 is 0 Å². The SMILES string of the molecule is O=C([O-])CCc1ccc(NCc2cccc3c2CCCN3CCOc2ccccc2F)cc1F.[Na+]. The van der Waals surface area contributed by atoms with Crippen molar-refractivity contribution in [3.8, 4) is 5.75 Å². The number of fused-ring (bicyclic) bond motifs is 1. The quantitative estimate of drug-likeness (QED) is 0.433. The number of carbonyl (C=O) groups excluding carboxylic acids is 1. The van der Waals surface area contributed by atoms with Gasteiger partial charge in [-0.15, -0.1) is 0 Å². The summed E-state index contributed by atoms with van der Waals surface area (Å²) in [4.78, 5) is 12.9. The molecule has 1 aliphatic heterocycles. The normalized spacial score (nSPS) is 12.5. The maximum atomic E-state index is 14.3. The molecule has 1 N–H and O–H groups in total. The van der Waals surface area contributed by atoms with Gasteiger partial charge in [-0.25, -0.2) is 8.78 Å². The van der Waals surface area contributed by atoms with E-state index in [1.54, 1.807) is 30.3 Å². The van der Waals surface area contributed by atoms with Gasteiger partial charge in [0.25, 0.3) is 0 Å². The van der Waals surface area contributed by atoms with E-state index in [2.05, 4.69) is 22.3 Å². The Kier molecular flexibility index (Phi) is 9.95. The third kappa shape index (κ3) is 7.19. The van der Waals surface area contributed by atoms with Crippen molar-refractivity contribution in [2.75, 3.05) is 29.9 Å². The maximum Gasteiger partial charge on any atom is 1.00 e. The molecule has 0 spiro atoms. The first-order chi connectivity index (χ1) is 16.5. The second-order valence-corrected chi connectivity index (χ2v) is 8.32. The summed E-state index contributed by atoms with van der Waals surface area (Å²) in [6.45, 7) is 2.48. The third-order valence-electron chi connectivity index (χ3n) is 6.03.